The number of H-pyrrole nitrogens is 1. The predicted octanol–water partition coefficient (Wildman–Crippen LogP) is 2.58. The fourth-order valence-corrected chi connectivity index (χ4v) is 3.57. The summed E-state index contributed by atoms with van der Waals surface area (Å²) in [6.45, 7) is 0.970. The molecule has 8 nitrogen and oxygen atoms in total. The van der Waals surface area contributed by atoms with Gasteiger partial charge in [-0.25, -0.2) is 9.78 Å². The van der Waals surface area contributed by atoms with Crippen LogP contribution in [0.3, 0.4) is 0 Å². The molecule has 11 heteroatoms. The second kappa shape index (κ2) is 8.85. The summed E-state index contributed by atoms with van der Waals surface area (Å²) in [5.74, 6) is -0.0476. The Labute approximate surface area is 180 Å². The lowest BCUT2D eigenvalue weighted by atomic mass is 10.1. The topological polar surface area (TPSA) is 93.1 Å². The Hall–Kier alpha value is -3.63. The van der Waals surface area contributed by atoms with Gasteiger partial charge in [0.2, 0.25) is 5.91 Å². The molecule has 0 radical (unpaired) electrons. The van der Waals surface area contributed by atoms with Gasteiger partial charge in [0.05, 0.1) is 17.0 Å². The van der Waals surface area contributed by atoms with E-state index >= 15 is 0 Å². The van der Waals surface area contributed by atoms with Crippen LogP contribution in [0.25, 0.3) is 0 Å². The SMILES string of the molecule is O=C(Cn1cccnc1=O)N1CC[C@@H](c2cc(COc3cccc(C(F)(F)F)c3)[nH]n2)C1. The van der Waals surface area contributed by atoms with Gasteiger partial charge in [0.15, 0.2) is 0 Å². The van der Waals surface area contributed by atoms with E-state index in [1.165, 1.54) is 29.1 Å². The van der Waals surface area contributed by atoms with Crippen LogP contribution in [0.2, 0.25) is 0 Å². The predicted molar refractivity (Wildman–Crippen MR) is 107 cm³/mol. The third-order valence-corrected chi connectivity index (χ3v) is 5.25. The van der Waals surface area contributed by atoms with E-state index in [4.69, 9.17) is 4.74 Å². The molecule has 32 heavy (non-hydrogen) atoms. The first-order valence-corrected chi connectivity index (χ1v) is 9.93. The number of ether oxygens (including phenoxy) is 1. The molecule has 2 aromatic heterocycles. The van der Waals surface area contributed by atoms with Crippen molar-refractivity contribution < 1.29 is 22.7 Å². The largest absolute Gasteiger partial charge is 0.487 e. The third kappa shape index (κ3) is 4.98. The summed E-state index contributed by atoms with van der Waals surface area (Å²) in [5.41, 5.74) is 0.115. The zero-order chi connectivity index (χ0) is 22.7. The number of carbonyl (C=O) groups excluding carboxylic acids is 1. The Balaban J connectivity index is 1.33. The van der Waals surface area contributed by atoms with Gasteiger partial charge in [0, 0.05) is 31.4 Å². The second-order valence-corrected chi connectivity index (χ2v) is 7.49. The van der Waals surface area contributed by atoms with Crippen molar-refractivity contribution in [1.29, 1.82) is 0 Å². The average molecular weight is 447 g/mol. The number of aromatic nitrogens is 4. The summed E-state index contributed by atoms with van der Waals surface area (Å²) in [7, 11) is 0. The van der Waals surface area contributed by atoms with Crippen molar-refractivity contribution in [3.63, 3.8) is 0 Å². The van der Waals surface area contributed by atoms with Crippen LogP contribution in [0.4, 0.5) is 13.2 Å². The monoisotopic (exact) mass is 447 g/mol. The number of likely N-dealkylation sites (tertiary alicyclic amines) is 1. The highest BCUT2D eigenvalue weighted by atomic mass is 19.4. The van der Waals surface area contributed by atoms with Crippen LogP contribution in [0.1, 0.15) is 29.3 Å². The fourth-order valence-electron chi connectivity index (χ4n) is 3.57. The molecule has 1 atom stereocenters. The molecule has 0 unspecified atom stereocenters. The van der Waals surface area contributed by atoms with Gasteiger partial charge in [-0.05, 0) is 36.8 Å². The molecular formula is C21H20F3N5O3. The van der Waals surface area contributed by atoms with Gasteiger partial charge >= 0.3 is 11.9 Å². The summed E-state index contributed by atoms with van der Waals surface area (Å²) in [5, 5.41) is 7.11. The van der Waals surface area contributed by atoms with Crippen molar-refractivity contribution in [2.45, 2.75) is 31.7 Å². The highest BCUT2D eigenvalue weighted by Gasteiger charge is 2.31. The van der Waals surface area contributed by atoms with Crippen molar-refractivity contribution in [1.82, 2.24) is 24.6 Å². The van der Waals surface area contributed by atoms with E-state index < -0.39 is 17.4 Å². The van der Waals surface area contributed by atoms with Crippen molar-refractivity contribution in [3.8, 4) is 5.75 Å². The molecular weight excluding hydrogens is 427 g/mol. The summed E-state index contributed by atoms with van der Waals surface area (Å²) >= 11 is 0. The maximum atomic E-state index is 12.8. The van der Waals surface area contributed by atoms with Gasteiger partial charge in [-0.3, -0.25) is 14.5 Å². The molecule has 168 valence electrons. The molecule has 1 aromatic carbocycles. The molecule has 1 aliphatic heterocycles. The summed E-state index contributed by atoms with van der Waals surface area (Å²) in [6.07, 6.45) is -0.824. The summed E-state index contributed by atoms with van der Waals surface area (Å²) < 4.78 is 45.2. The molecule has 3 heterocycles. The lowest BCUT2D eigenvalue weighted by molar-refractivity contribution is -0.137. The van der Waals surface area contributed by atoms with Gasteiger partial charge in [-0.15, -0.1) is 0 Å². The number of hydrogen-bond donors (Lipinski definition) is 1. The number of halogens is 3. The van der Waals surface area contributed by atoms with Crippen LogP contribution in [-0.2, 0) is 24.1 Å². The van der Waals surface area contributed by atoms with E-state index in [1.54, 1.807) is 17.0 Å². The molecule has 0 saturated carbocycles. The van der Waals surface area contributed by atoms with E-state index in [2.05, 4.69) is 15.2 Å². The first kappa shape index (κ1) is 21.6. The molecule has 4 rings (SSSR count). The highest BCUT2D eigenvalue weighted by molar-refractivity contribution is 5.76. The molecule has 0 aliphatic carbocycles. The van der Waals surface area contributed by atoms with Crippen molar-refractivity contribution in [2.24, 2.45) is 0 Å². The van der Waals surface area contributed by atoms with E-state index in [0.29, 0.717) is 25.2 Å². The standard InChI is InChI=1S/C21H20F3N5O3/c22-21(23,24)15-3-1-4-17(9-15)32-13-16-10-18(27-26-16)14-5-8-28(11-14)19(30)12-29-7-2-6-25-20(29)31/h1-4,6-7,9-10,14H,5,8,11-13H2,(H,26,27)/t14-/m1/s1. The zero-order valence-corrected chi connectivity index (χ0v) is 16.9. The number of carbonyl (C=O) groups is 1. The Morgan fingerprint density at radius 1 is 1.25 bits per heavy atom. The van der Waals surface area contributed by atoms with E-state index in [0.717, 1.165) is 17.8 Å². The molecule has 0 spiro atoms. The number of amides is 1. The van der Waals surface area contributed by atoms with Gasteiger partial charge in [-0.2, -0.15) is 18.3 Å². The molecule has 1 saturated heterocycles. The maximum absolute atomic E-state index is 12.8. The highest BCUT2D eigenvalue weighted by Crippen LogP contribution is 2.31. The van der Waals surface area contributed by atoms with E-state index in [9.17, 15) is 22.8 Å². The van der Waals surface area contributed by atoms with Crippen molar-refractivity contribution >= 4 is 5.91 Å². The lowest BCUT2D eigenvalue weighted by Crippen LogP contribution is -2.35. The van der Waals surface area contributed by atoms with Crippen LogP contribution in [0.5, 0.6) is 5.75 Å². The second-order valence-electron chi connectivity index (χ2n) is 7.49. The first-order valence-electron chi connectivity index (χ1n) is 9.93. The van der Waals surface area contributed by atoms with Crippen LogP contribution in [0.15, 0.2) is 53.6 Å². The average Bonchev–Trinajstić information content (AvgIpc) is 3.43. The summed E-state index contributed by atoms with van der Waals surface area (Å²) in [6, 6.07) is 8.07. The minimum Gasteiger partial charge on any atom is -0.487 e. The molecule has 1 aliphatic rings. The lowest BCUT2D eigenvalue weighted by Gasteiger charge is -2.16. The zero-order valence-electron chi connectivity index (χ0n) is 16.9. The number of aromatic amines is 1. The number of alkyl halides is 3. The number of rotatable bonds is 6. The number of hydrogen-bond acceptors (Lipinski definition) is 5. The van der Waals surface area contributed by atoms with Crippen LogP contribution in [-0.4, -0.2) is 43.6 Å². The number of nitrogens with zero attached hydrogens (tertiary/aromatic N) is 4. The molecule has 1 fully saturated rings. The summed E-state index contributed by atoms with van der Waals surface area (Å²) in [4.78, 5) is 29.5. The normalized spacial score (nSPS) is 16.3. The van der Waals surface area contributed by atoms with E-state index in [-0.39, 0.29) is 30.7 Å². The maximum Gasteiger partial charge on any atom is 0.416 e. The van der Waals surface area contributed by atoms with Crippen molar-refractivity contribution in [3.05, 3.63) is 76.2 Å². The molecule has 3 aromatic rings. The van der Waals surface area contributed by atoms with Gasteiger partial charge < -0.3 is 9.64 Å². The molecule has 0 bridgehead atoms. The molecule has 1 N–H and O–H groups in total. The van der Waals surface area contributed by atoms with Crippen LogP contribution >= 0.6 is 0 Å². The first-order chi connectivity index (χ1) is 15.3. The van der Waals surface area contributed by atoms with Crippen molar-refractivity contribution in [2.75, 3.05) is 13.1 Å². The third-order valence-electron chi connectivity index (χ3n) is 5.25. The Kier molecular flexibility index (Phi) is 5.97. The Morgan fingerprint density at radius 3 is 2.88 bits per heavy atom. The van der Waals surface area contributed by atoms with Crippen LogP contribution < -0.4 is 10.4 Å². The smallest absolute Gasteiger partial charge is 0.416 e. The number of nitrogens with one attached hydrogen (secondary N) is 1. The van der Waals surface area contributed by atoms with E-state index in [1.807, 2.05) is 0 Å². The van der Waals surface area contributed by atoms with Gasteiger partial charge in [0.1, 0.15) is 18.9 Å². The quantitative estimate of drug-likeness (QED) is 0.627. The fraction of sp³-hybridized carbons (Fsp3) is 0.333. The Bertz CT molecular complexity index is 1160. The molecule has 1 amide bonds. The Morgan fingerprint density at radius 2 is 2.09 bits per heavy atom. The van der Waals surface area contributed by atoms with Gasteiger partial charge in [0.25, 0.3) is 0 Å². The minimum atomic E-state index is -4.43. The van der Waals surface area contributed by atoms with Crippen LogP contribution in [0, 0.1) is 0 Å². The number of benzene rings is 1. The minimum absolute atomic E-state index is 0.0168. The van der Waals surface area contributed by atoms with Gasteiger partial charge in [-0.1, -0.05) is 6.07 Å².